The lowest BCUT2D eigenvalue weighted by Crippen LogP contribution is -2.03. The first-order chi connectivity index (χ1) is 7.68. The molecule has 3 N–H and O–H groups in total. The van der Waals surface area contributed by atoms with Crippen LogP contribution < -0.4 is 11.1 Å². The van der Waals surface area contributed by atoms with E-state index in [-0.39, 0.29) is 0 Å². The van der Waals surface area contributed by atoms with Gasteiger partial charge in [-0.2, -0.15) is 0 Å². The van der Waals surface area contributed by atoms with Gasteiger partial charge in [-0.3, -0.25) is 4.98 Å². The Kier molecular flexibility index (Phi) is 2.77. The maximum absolute atomic E-state index is 5.87. The third kappa shape index (κ3) is 1.98. The van der Waals surface area contributed by atoms with E-state index in [9.17, 15) is 0 Å². The second-order valence-corrected chi connectivity index (χ2v) is 3.91. The Labute approximate surface area is 95.0 Å². The lowest BCUT2D eigenvalue weighted by Gasteiger charge is -2.10. The molecule has 0 aliphatic rings. The maximum Gasteiger partial charge on any atom is 0.0951 e. The Bertz CT molecular complexity index is 532. The number of nitrogens with zero attached hydrogens (tertiary/aromatic N) is 1. The predicted octanol–water partition coefficient (Wildman–Crippen LogP) is 2.81. The fourth-order valence-corrected chi connectivity index (χ4v) is 1.59. The van der Waals surface area contributed by atoms with Crippen molar-refractivity contribution in [3.8, 4) is 0 Å². The normalized spacial score (nSPS) is 10.3. The van der Waals surface area contributed by atoms with E-state index in [1.165, 1.54) is 0 Å². The third-order valence-corrected chi connectivity index (χ3v) is 2.38. The number of aromatic nitrogens is 1. The lowest BCUT2D eigenvalue weighted by atomic mass is 10.1. The monoisotopic (exact) mass is 213 g/mol. The highest BCUT2D eigenvalue weighted by Gasteiger charge is 2.03. The zero-order valence-corrected chi connectivity index (χ0v) is 9.33. The predicted molar refractivity (Wildman–Crippen MR) is 69.5 cm³/mol. The van der Waals surface area contributed by atoms with Crippen LogP contribution in [-0.2, 0) is 0 Å². The van der Waals surface area contributed by atoms with Crippen LogP contribution in [0.5, 0.6) is 0 Å². The van der Waals surface area contributed by atoms with Gasteiger partial charge < -0.3 is 11.1 Å². The minimum Gasteiger partial charge on any atom is -0.397 e. The van der Waals surface area contributed by atoms with Gasteiger partial charge in [-0.05, 0) is 31.2 Å². The molecular formula is C13H15N3. The molecule has 0 atom stereocenters. The number of pyridine rings is 1. The molecular weight excluding hydrogens is 198 g/mol. The molecule has 0 fully saturated rings. The first-order valence-corrected chi connectivity index (χ1v) is 5.20. The summed E-state index contributed by atoms with van der Waals surface area (Å²) in [5, 5.41) is 4.36. The molecule has 0 radical (unpaired) electrons. The molecule has 0 aliphatic heterocycles. The Hall–Kier alpha value is -2.03. The Morgan fingerprint density at radius 2 is 2.25 bits per heavy atom. The number of fused-ring (bicyclic) bond motifs is 1. The van der Waals surface area contributed by atoms with Crippen LogP contribution in [0.4, 0.5) is 11.4 Å². The fourth-order valence-electron chi connectivity index (χ4n) is 1.59. The number of nitrogen functional groups attached to an aromatic ring is 1. The van der Waals surface area contributed by atoms with Crippen molar-refractivity contribution in [2.24, 2.45) is 0 Å². The van der Waals surface area contributed by atoms with Crippen LogP contribution in [0, 0.1) is 0 Å². The quantitative estimate of drug-likeness (QED) is 0.609. The van der Waals surface area contributed by atoms with Gasteiger partial charge in [-0.1, -0.05) is 12.2 Å². The lowest BCUT2D eigenvalue weighted by molar-refractivity contribution is 1.22. The summed E-state index contributed by atoms with van der Waals surface area (Å²) in [6.45, 7) is 6.61. The summed E-state index contributed by atoms with van der Waals surface area (Å²) in [5.41, 5.74) is 9.55. The van der Waals surface area contributed by atoms with Crippen LogP contribution in [0.15, 0.2) is 42.6 Å². The van der Waals surface area contributed by atoms with E-state index >= 15 is 0 Å². The molecule has 0 aliphatic carbocycles. The number of rotatable bonds is 3. The van der Waals surface area contributed by atoms with Crippen LogP contribution in [0.2, 0.25) is 0 Å². The summed E-state index contributed by atoms with van der Waals surface area (Å²) in [4.78, 5) is 4.28. The van der Waals surface area contributed by atoms with Crippen LogP contribution in [0.3, 0.4) is 0 Å². The number of nitrogens with two attached hydrogens (primary N) is 1. The highest BCUT2D eigenvalue weighted by molar-refractivity contribution is 5.98. The summed E-state index contributed by atoms with van der Waals surface area (Å²) in [6.07, 6.45) is 1.75. The summed E-state index contributed by atoms with van der Waals surface area (Å²) < 4.78 is 0. The maximum atomic E-state index is 5.87. The van der Waals surface area contributed by atoms with E-state index < -0.39 is 0 Å². The van der Waals surface area contributed by atoms with E-state index in [2.05, 4.69) is 16.9 Å². The number of nitrogens with one attached hydrogen (secondary N) is 1. The summed E-state index contributed by atoms with van der Waals surface area (Å²) in [6, 6.07) is 7.77. The first-order valence-electron chi connectivity index (χ1n) is 5.20. The van der Waals surface area contributed by atoms with Crippen molar-refractivity contribution in [1.82, 2.24) is 4.98 Å². The molecule has 0 unspecified atom stereocenters. The van der Waals surface area contributed by atoms with E-state index in [0.717, 1.165) is 28.7 Å². The molecule has 2 aromatic rings. The highest BCUT2D eigenvalue weighted by Crippen LogP contribution is 2.26. The average molecular weight is 213 g/mol. The number of hydrogen-bond acceptors (Lipinski definition) is 3. The number of anilines is 2. The van der Waals surface area contributed by atoms with Crippen LogP contribution in [0.1, 0.15) is 6.92 Å². The molecule has 0 spiro atoms. The minimum atomic E-state index is 0.705. The van der Waals surface area contributed by atoms with Crippen LogP contribution >= 0.6 is 0 Å². The van der Waals surface area contributed by atoms with E-state index in [0.29, 0.717) is 5.69 Å². The Balaban J connectivity index is 2.46. The molecule has 16 heavy (non-hydrogen) atoms. The Morgan fingerprint density at radius 3 is 3.00 bits per heavy atom. The summed E-state index contributed by atoms with van der Waals surface area (Å²) >= 11 is 0. The number of hydrogen-bond donors (Lipinski definition) is 2. The molecule has 0 bridgehead atoms. The van der Waals surface area contributed by atoms with Gasteiger partial charge >= 0.3 is 0 Å². The standard InChI is InChI=1S/C13H15N3/c1-9(2)8-16-12-6-5-11(14)13-10(12)4-3-7-15-13/h3-7,16H,1,8,14H2,2H3. The average Bonchev–Trinajstić information content (AvgIpc) is 2.28. The SMILES string of the molecule is C=C(C)CNc1ccc(N)c2ncccc12. The zero-order valence-electron chi connectivity index (χ0n) is 9.33. The van der Waals surface area contributed by atoms with Gasteiger partial charge in [0, 0.05) is 23.8 Å². The van der Waals surface area contributed by atoms with Crippen molar-refractivity contribution in [2.45, 2.75) is 6.92 Å². The molecule has 0 saturated carbocycles. The van der Waals surface area contributed by atoms with Gasteiger partial charge in [0.2, 0.25) is 0 Å². The molecule has 1 aromatic heterocycles. The summed E-state index contributed by atoms with van der Waals surface area (Å²) in [5.74, 6) is 0. The van der Waals surface area contributed by atoms with Crippen molar-refractivity contribution < 1.29 is 0 Å². The van der Waals surface area contributed by atoms with Crippen molar-refractivity contribution in [3.63, 3.8) is 0 Å². The molecule has 82 valence electrons. The van der Waals surface area contributed by atoms with Crippen LogP contribution in [0.25, 0.3) is 10.9 Å². The van der Waals surface area contributed by atoms with E-state index in [1.54, 1.807) is 6.20 Å². The molecule has 1 aromatic carbocycles. The van der Waals surface area contributed by atoms with E-state index in [4.69, 9.17) is 5.73 Å². The van der Waals surface area contributed by atoms with Gasteiger partial charge in [0.25, 0.3) is 0 Å². The molecule has 1 heterocycles. The van der Waals surface area contributed by atoms with Crippen molar-refractivity contribution in [2.75, 3.05) is 17.6 Å². The molecule has 0 amide bonds. The minimum absolute atomic E-state index is 0.705. The molecule has 3 nitrogen and oxygen atoms in total. The van der Waals surface area contributed by atoms with Gasteiger partial charge in [-0.25, -0.2) is 0 Å². The van der Waals surface area contributed by atoms with Crippen molar-refractivity contribution >= 4 is 22.3 Å². The fraction of sp³-hybridized carbons (Fsp3) is 0.154. The van der Waals surface area contributed by atoms with Crippen LogP contribution in [-0.4, -0.2) is 11.5 Å². The number of benzene rings is 1. The van der Waals surface area contributed by atoms with Crippen molar-refractivity contribution in [3.05, 3.63) is 42.6 Å². The second-order valence-electron chi connectivity index (χ2n) is 3.91. The second kappa shape index (κ2) is 4.23. The molecule has 3 heteroatoms. The smallest absolute Gasteiger partial charge is 0.0951 e. The van der Waals surface area contributed by atoms with Gasteiger partial charge in [0.15, 0.2) is 0 Å². The first kappa shape index (κ1) is 10.5. The third-order valence-electron chi connectivity index (χ3n) is 2.38. The van der Waals surface area contributed by atoms with Gasteiger partial charge in [-0.15, -0.1) is 0 Å². The summed E-state index contributed by atoms with van der Waals surface area (Å²) in [7, 11) is 0. The Morgan fingerprint density at radius 1 is 1.44 bits per heavy atom. The van der Waals surface area contributed by atoms with Gasteiger partial charge in [0.1, 0.15) is 0 Å². The highest BCUT2D eigenvalue weighted by atomic mass is 14.9. The molecule has 2 rings (SSSR count). The topological polar surface area (TPSA) is 50.9 Å². The van der Waals surface area contributed by atoms with Crippen molar-refractivity contribution in [1.29, 1.82) is 0 Å². The van der Waals surface area contributed by atoms with Gasteiger partial charge in [0.05, 0.1) is 11.2 Å². The zero-order chi connectivity index (χ0) is 11.5. The largest absolute Gasteiger partial charge is 0.397 e. The molecule has 0 saturated heterocycles. The van der Waals surface area contributed by atoms with E-state index in [1.807, 2.05) is 31.2 Å².